The molecule has 1 aromatic heterocycles. The number of rotatable bonds is 4. The molecule has 0 atom stereocenters. The van der Waals surface area contributed by atoms with E-state index in [9.17, 15) is 4.79 Å². The lowest BCUT2D eigenvalue weighted by molar-refractivity contribution is -0.128. The van der Waals surface area contributed by atoms with Crippen LogP contribution in [0, 0.1) is 6.92 Å². The van der Waals surface area contributed by atoms with Crippen molar-refractivity contribution in [3.8, 4) is 0 Å². The molecule has 1 aliphatic rings. The van der Waals surface area contributed by atoms with Gasteiger partial charge < -0.3 is 10.2 Å². The van der Waals surface area contributed by atoms with Gasteiger partial charge in [0.15, 0.2) is 0 Å². The summed E-state index contributed by atoms with van der Waals surface area (Å²) in [6.07, 6.45) is 2.20. The first-order chi connectivity index (χ1) is 9.49. The van der Waals surface area contributed by atoms with E-state index in [0.717, 1.165) is 31.5 Å². The van der Waals surface area contributed by atoms with Gasteiger partial charge in [0.25, 0.3) is 0 Å². The Labute approximate surface area is 124 Å². The molecule has 6 heteroatoms. The monoisotopic (exact) mass is 296 g/mol. The summed E-state index contributed by atoms with van der Waals surface area (Å²) in [5.41, 5.74) is 0.783. The van der Waals surface area contributed by atoms with Gasteiger partial charge in [0, 0.05) is 24.6 Å². The highest BCUT2D eigenvalue weighted by molar-refractivity contribution is 6.30. The minimum atomic E-state index is 0.114. The van der Waals surface area contributed by atoms with E-state index in [0.29, 0.717) is 16.8 Å². The number of halogens is 1. The van der Waals surface area contributed by atoms with Crippen molar-refractivity contribution in [2.75, 3.05) is 25.0 Å². The van der Waals surface area contributed by atoms with Gasteiger partial charge in [-0.05, 0) is 19.8 Å². The predicted molar refractivity (Wildman–Crippen MR) is 80.2 cm³/mol. The number of aromatic nitrogens is 2. The molecular weight excluding hydrogens is 276 g/mol. The van der Waals surface area contributed by atoms with E-state index < -0.39 is 0 Å². The van der Waals surface area contributed by atoms with Crippen molar-refractivity contribution in [1.82, 2.24) is 14.9 Å². The number of likely N-dealkylation sites (tertiary alicyclic amines) is 1. The third-order valence-corrected chi connectivity index (χ3v) is 3.85. The summed E-state index contributed by atoms with van der Waals surface area (Å²) in [6.45, 7) is 7.86. The maximum atomic E-state index is 12.0. The van der Waals surface area contributed by atoms with Gasteiger partial charge >= 0.3 is 0 Å². The summed E-state index contributed by atoms with van der Waals surface area (Å²) in [4.78, 5) is 22.6. The van der Waals surface area contributed by atoms with Crippen molar-refractivity contribution in [2.45, 2.75) is 39.5 Å². The van der Waals surface area contributed by atoms with Crippen LogP contribution in [0.3, 0.4) is 0 Å². The van der Waals surface area contributed by atoms with Gasteiger partial charge in [-0.3, -0.25) is 4.79 Å². The Bertz CT molecular complexity index is 498. The molecule has 1 fully saturated rings. The number of anilines is 1. The molecule has 1 amide bonds. The molecule has 0 bridgehead atoms. The summed E-state index contributed by atoms with van der Waals surface area (Å²) in [5, 5.41) is 3.54. The molecule has 0 saturated carbocycles. The van der Waals surface area contributed by atoms with Gasteiger partial charge in [-0.1, -0.05) is 25.4 Å². The molecule has 5 nitrogen and oxygen atoms in total. The van der Waals surface area contributed by atoms with Crippen LogP contribution < -0.4 is 5.32 Å². The van der Waals surface area contributed by atoms with Crippen LogP contribution in [0.2, 0.25) is 5.15 Å². The Hall–Kier alpha value is -1.36. The van der Waals surface area contributed by atoms with E-state index in [-0.39, 0.29) is 18.4 Å². The van der Waals surface area contributed by atoms with Gasteiger partial charge in [0.2, 0.25) is 5.91 Å². The molecule has 0 aromatic carbocycles. The minimum Gasteiger partial charge on any atom is -0.361 e. The number of nitrogens with zero attached hydrogens (tertiary/aromatic N) is 3. The zero-order chi connectivity index (χ0) is 14.7. The van der Waals surface area contributed by atoms with Crippen LogP contribution in [0.5, 0.6) is 0 Å². The molecule has 1 N–H and O–H groups in total. The smallest absolute Gasteiger partial charge is 0.241 e. The van der Waals surface area contributed by atoms with E-state index in [4.69, 9.17) is 11.6 Å². The van der Waals surface area contributed by atoms with Crippen molar-refractivity contribution >= 4 is 23.3 Å². The van der Waals surface area contributed by atoms with Crippen LogP contribution in [-0.4, -0.2) is 40.4 Å². The molecule has 0 aliphatic carbocycles. The summed E-state index contributed by atoms with van der Waals surface area (Å²) in [5.74, 6) is 1.66. The van der Waals surface area contributed by atoms with E-state index >= 15 is 0 Å². The Morgan fingerprint density at radius 3 is 2.60 bits per heavy atom. The van der Waals surface area contributed by atoms with Gasteiger partial charge in [0.05, 0.1) is 6.54 Å². The van der Waals surface area contributed by atoms with E-state index in [1.165, 1.54) is 0 Å². The van der Waals surface area contributed by atoms with Crippen molar-refractivity contribution in [2.24, 2.45) is 0 Å². The van der Waals surface area contributed by atoms with Crippen LogP contribution in [-0.2, 0) is 4.79 Å². The summed E-state index contributed by atoms with van der Waals surface area (Å²) < 4.78 is 0. The molecule has 110 valence electrons. The van der Waals surface area contributed by atoms with Crippen molar-refractivity contribution in [3.05, 3.63) is 16.5 Å². The zero-order valence-electron chi connectivity index (χ0n) is 12.2. The Morgan fingerprint density at radius 1 is 1.35 bits per heavy atom. The second-order valence-electron chi connectivity index (χ2n) is 5.44. The SMILES string of the molecule is Cc1c(Cl)nc(C(C)C)nc1NCC(=O)N1CCCC1. The van der Waals surface area contributed by atoms with E-state index in [1.54, 1.807) is 0 Å². The lowest BCUT2D eigenvalue weighted by Gasteiger charge is -2.17. The number of nitrogens with one attached hydrogen (secondary N) is 1. The van der Waals surface area contributed by atoms with E-state index in [2.05, 4.69) is 15.3 Å². The fourth-order valence-electron chi connectivity index (χ4n) is 2.17. The van der Waals surface area contributed by atoms with Gasteiger partial charge in [-0.25, -0.2) is 9.97 Å². The van der Waals surface area contributed by atoms with E-state index in [1.807, 2.05) is 25.7 Å². The molecule has 1 aromatic rings. The number of hydrogen-bond donors (Lipinski definition) is 1. The van der Waals surface area contributed by atoms with Gasteiger partial charge in [-0.15, -0.1) is 0 Å². The fraction of sp³-hybridized carbons (Fsp3) is 0.643. The summed E-state index contributed by atoms with van der Waals surface area (Å²) in [6, 6.07) is 0. The molecular formula is C14H21ClN4O. The average Bonchev–Trinajstić information content (AvgIpc) is 2.93. The third-order valence-electron chi connectivity index (χ3n) is 3.49. The van der Waals surface area contributed by atoms with Crippen LogP contribution in [0.15, 0.2) is 0 Å². The summed E-state index contributed by atoms with van der Waals surface area (Å²) in [7, 11) is 0. The number of carbonyl (C=O) groups is 1. The van der Waals surface area contributed by atoms with Crippen LogP contribution in [0.1, 0.15) is 44.0 Å². The first-order valence-corrected chi connectivity index (χ1v) is 7.42. The molecule has 0 unspecified atom stereocenters. The highest BCUT2D eigenvalue weighted by Crippen LogP contribution is 2.22. The topological polar surface area (TPSA) is 58.1 Å². The first kappa shape index (κ1) is 15.0. The van der Waals surface area contributed by atoms with Crippen LogP contribution in [0.25, 0.3) is 0 Å². The van der Waals surface area contributed by atoms with Gasteiger partial charge in [0.1, 0.15) is 16.8 Å². The molecule has 2 rings (SSSR count). The standard InChI is InChI=1S/C14H21ClN4O/c1-9(2)13-17-12(15)10(3)14(18-13)16-8-11(20)19-6-4-5-7-19/h9H,4-8H2,1-3H3,(H,16,17,18). The molecule has 1 saturated heterocycles. The molecule has 20 heavy (non-hydrogen) atoms. The number of hydrogen-bond acceptors (Lipinski definition) is 4. The normalized spacial score (nSPS) is 14.9. The number of carbonyl (C=O) groups excluding carboxylic acids is 1. The Balaban J connectivity index is 2.06. The lowest BCUT2D eigenvalue weighted by Crippen LogP contribution is -2.33. The van der Waals surface area contributed by atoms with Crippen molar-refractivity contribution in [1.29, 1.82) is 0 Å². The molecule has 2 heterocycles. The van der Waals surface area contributed by atoms with Crippen LogP contribution in [0.4, 0.5) is 5.82 Å². The largest absolute Gasteiger partial charge is 0.361 e. The highest BCUT2D eigenvalue weighted by atomic mass is 35.5. The second-order valence-corrected chi connectivity index (χ2v) is 5.80. The van der Waals surface area contributed by atoms with Crippen molar-refractivity contribution in [3.63, 3.8) is 0 Å². The predicted octanol–water partition coefficient (Wildman–Crippen LogP) is 2.60. The molecule has 0 radical (unpaired) electrons. The maximum absolute atomic E-state index is 12.0. The zero-order valence-corrected chi connectivity index (χ0v) is 13.0. The average molecular weight is 297 g/mol. The fourth-order valence-corrected chi connectivity index (χ4v) is 2.35. The lowest BCUT2D eigenvalue weighted by atomic mass is 10.2. The molecule has 0 spiro atoms. The van der Waals surface area contributed by atoms with Crippen LogP contribution >= 0.6 is 11.6 Å². The Morgan fingerprint density at radius 2 is 2.00 bits per heavy atom. The first-order valence-electron chi connectivity index (χ1n) is 7.04. The van der Waals surface area contributed by atoms with Crippen molar-refractivity contribution < 1.29 is 4.79 Å². The number of amides is 1. The van der Waals surface area contributed by atoms with Gasteiger partial charge in [-0.2, -0.15) is 0 Å². The second kappa shape index (κ2) is 6.39. The molecule has 1 aliphatic heterocycles. The highest BCUT2D eigenvalue weighted by Gasteiger charge is 2.18. The minimum absolute atomic E-state index is 0.114. The summed E-state index contributed by atoms with van der Waals surface area (Å²) >= 11 is 6.12. The Kier molecular flexibility index (Phi) is 4.81. The third kappa shape index (κ3) is 3.39. The quantitative estimate of drug-likeness (QED) is 0.868. The maximum Gasteiger partial charge on any atom is 0.241 e.